The first-order valence-electron chi connectivity index (χ1n) is 36.1. The van der Waals surface area contributed by atoms with Crippen molar-refractivity contribution in [2.75, 3.05) is 25.7 Å². The fraction of sp³-hybridized carbons (Fsp3) is 0.353. The van der Waals surface area contributed by atoms with Gasteiger partial charge in [-0.1, -0.05) is 249 Å². The Morgan fingerprint density at radius 3 is 1.19 bits per heavy atom. The summed E-state index contributed by atoms with van der Waals surface area (Å²) in [6.07, 6.45) is -17.6. The predicted octanol–water partition coefficient (Wildman–Crippen LogP) is 13.6. The number of carbonyl (C=O) groups is 1. The molecule has 23 heteroatoms. The summed E-state index contributed by atoms with van der Waals surface area (Å²) in [7, 11) is 0. The maximum absolute atomic E-state index is 14.0. The van der Waals surface area contributed by atoms with Gasteiger partial charge in [-0.2, -0.15) is 0 Å². The highest BCUT2D eigenvalue weighted by atomic mass is 35.5. The molecule has 1 N–H and O–H groups in total. The summed E-state index contributed by atoms with van der Waals surface area (Å²) in [5.41, 5.74) is 6.54. The number of hydrogen-bond acceptors (Lipinski definition) is 21. The highest BCUT2D eigenvalue weighted by molar-refractivity contribution is 6.18. The fourth-order valence-electron chi connectivity index (χ4n) is 13.4. The SMILES string of the molecule is CC(=O)O[C@@H]1[C@@H](O[C@@H]2[C@H](OCc3ccccc3)[C@@H](OCc3ccc(O)c([N+](=O)[O-])c3)O[C@H](COC3(CCl)O[C@@H]4O[C@H](COCc5ccccc5)[C@@H](OCc5ccccc5)[C@H](OCc5ccccc5)[C@@H]4O3)[C@H]2OCc2ccccc2)O[C@H](COCc2ccccc2)[C@@H](OCc2ccccc2)[C@@H]1OCc1ccccc1. The van der Waals surface area contributed by atoms with E-state index in [0.717, 1.165) is 44.5 Å². The van der Waals surface area contributed by atoms with E-state index in [4.69, 9.17) is 92.1 Å². The van der Waals surface area contributed by atoms with Crippen molar-refractivity contribution >= 4 is 23.3 Å². The van der Waals surface area contributed by atoms with Crippen LogP contribution in [0.3, 0.4) is 0 Å². The number of carbonyl (C=O) groups excluding carboxylic acids is 1. The number of ether oxygens (including phenoxy) is 17. The van der Waals surface area contributed by atoms with Crippen LogP contribution in [0.15, 0.2) is 261 Å². The van der Waals surface area contributed by atoms with Gasteiger partial charge in [0, 0.05) is 13.0 Å². The summed E-state index contributed by atoms with van der Waals surface area (Å²) < 4.78 is 118. The van der Waals surface area contributed by atoms with Crippen molar-refractivity contribution in [2.45, 2.75) is 164 Å². The van der Waals surface area contributed by atoms with Gasteiger partial charge in [-0.3, -0.25) is 19.6 Å². The lowest BCUT2D eigenvalue weighted by molar-refractivity contribution is -0.389. The molecule has 22 nitrogen and oxygen atoms in total. The summed E-state index contributed by atoms with van der Waals surface area (Å²) in [6, 6.07) is 80.9. The molecule has 13 rings (SSSR count). The summed E-state index contributed by atoms with van der Waals surface area (Å²) in [4.78, 5) is 25.6. The van der Waals surface area contributed by atoms with Crippen LogP contribution in [0.4, 0.5) is 5.69 Å². The first-order valence-corrected chi connectivity index (χ1v) is 36.6. The van der Waals surface area contributed by atoms with Crippen LogP contribution in [0, 0.1) is 10.1 Å². The number of alkyl halides is 1. The molecule has 4 aliphatic heterocycles. The van der Waals surface area contributed by atoms with E-state index in [9.17, 15) is 20.0 Å². The number of rotatable bonds is 37. The molecule has 0 radical (unpaired) electrons. The Morgan fingerprint density at radius 2 is 0.769 bits per heavy atom. The third kappa shape index (κ3) is 21.2. The molecule has 9 aromatic rings. The zero-order valence-corrected chi connectivity index (χ0v) is 60.4. The Hall–Kier alpha value is -8.70. The number of phenolic OH excluding ortho intramolecular Hbond substituents is 1. The lowest BCUT2D eigenvalue weighted by atomic mass is 9.95. The maximum atomic E-state index is 14.0. The van der Waals surface area contributed by atoms with Gasteiger partial charge in [-0.25, -0.2) is 0 Å². The molecule has 9 aromatic carbocycles. The molecule has 16 atom stereocenters. The molecule has 1 unspecified atom stereocenters. The number of fused-ring (bicyclic) bond motifs is 1. The summed E-state index contributed by atoms with van der Waals surface area (Å²) in [5, 5.41) is 23.0. The van der Waals surface area contributed by atoms with Crippen molar-refractivity contribution in [3.8, 4) is 5.75 Å². The van der Waals surface area contributed by atoms with Gasteiger partial charge >= 0.3 is 11.7 Å². The van der Waals surface area contributed by atoms with Crippen molar-refractivity contribution in [1.29, 1.82) is 0 Å². The van der Waals surface area contributed by atoms with E-state index in [1.807, 2.05) is 243 Å². The van der Waals surface area contributed by atoms with Crippen LogP contribution in [-0.2, 0) is 145 Å². The fourth-order valence-corrected chi connectivity index (χ4v) is 13.6. The van der Waals surface area contributed by atoms with Gasteiger partial charge in [0.2, 0.25) is 0 Å². The molecule has 0 amide bonds. The van der Waals surface area contributed by atoms with Crippen molar-refractivity contribution in [1.82, 2.24) is 0 Å². The van der Waals surface area contributed by atoms with Gasteiger partial charge in [0.25, 0.3) is 5.97 Å². The number of aromatic hydroxyl groups is 1. The minimum Gasteiger partial charge on any atom is -0.502 e. The number of benzene rings is 9. The highest BCUT2D eigenvalue weighted by Gasteiger charge is 2.61. The zero-order chi connectivity index (χ0) is 74.3. The van der Waals surface area contributed by atoms with Gasteiger partial charge < -0.3 is 80.9 Å². The number of nitrogens with zero attached hydrogens (tertiary/aromatic N) is 1. The molecule has 0 saturated carbocycles. The van der Waals surface area contributed by atoms with Crippen molar-refractivity contribution in [2.24, 2.45) is 0 Å². The maximum Gasteiger partial charge on any atom is 0.311 e. The Kier molecular flexibility index (Phi) is 28.0. The second-order valence-electron chi connectivity index (χ2n) is 26.6. The Labute approximate surface area is 632 Å². The molecular formula is C85H88ClNO21. The number of hydrogen-bond donors (Lipinski definition) is 1. The van der Waals surface area contributed by atoms with Crippen molar-refractivity contribution in [3.63, 3.8) is 0 Å². The lowest BCUT2D eigenvalue weighted by Crippen LogP contribution is -2.67. The Balaban J connectivity index is 0.890. The van der Waals surface area contributed by atoms with Crippen LogP contribution in [0.1, 0.15) is 57.0 Å². The number of halogens is 1. The molecule has 0 spiro atoms. The van der Waals surface area contributed by atoms with Crippen LogP contribution in [0.5, 0.6) is 5.75 Å². The van der Waals surface area contributed by atoms with E-state index >= 15 is 0 Å². The van der Waals surface area contributed by atoms with Crippen LogP contribution in [0.25, 0.3) is 0 Å². The Morgan fingerprint density at radius 1 is 0.407 bits per heavy atom. The molecule has 566 valence electrons. The molecule has 4 aliphatic rings. The predicted molar refractivity (Wildman–Crippen MR) is 394 cm³/mol. The van der Waals surface area contributed by atoms with E-state index in [2.05, 4.69) is 0 Å². The monoisotopic (exact) mass is 1490 g/mol. The summed E-state index contributed by atoms with van der Waals surface area (Å²) in [6.45, 7) is 1.29. The van der Waals surface area contributed by atoms with Crippen LogP contribution < -0.4 is 0 Å². The van der Waals surface area contributed by atoms with Crippen LogP contribution >= 0.6 is 11.6 Å². The second kappa shape index (κ2) is 39.1. The normalized spacial score (nSPS) is 26.1. The molecule has 4 saturated heterocycles. The topological polar surface area (TPSA) is 237 Å². The Bertz CT molecular complexity index is 4160. The van der Waals surface area contributed by atoms with E-state index in [-0.39, 0.29) is 78.2 Å². The number of nitro groups is 1. The minimum absolute atomic E-state index is 0.0373. The molecular weight excluding hydrogens is 1410 g/mol. The van der Waals surface area contributed by atoms with E-state index in [1.165, 1.54) is 25.1 Å². The quantitative estimate of drug-likeness (QED) is 0.0165. The van der Waals surface area contributed by atoms with Gasteiger partial charge in [-0.05, 0) is 56.1 Å². The van der Waals surface area contributed by atoms with Crippen LogP contribution in [-0.4, -0.2) is 140 Å². The van der Waals surface area contributed by atoms with Gasteiger partial charge in [0.1, 0.15) is 73.0 Å². The number of nitro benzene ring substituents is 1. The smallest absolute Gasteiger partial charge is 0.311 e. The van der Waals surface area contributed by atoms with Crippen molar-refractivity contribution < 1.29 is 95.4 Å². The third-order valence-electron chi connectivity index (χ3n) is 18.8. The number of esters is 1. The average molecular weight is 1500 g/mol. The standard InChI is InChI=1S/C85H88ClNO21/c1-58(88)102-80-76(97-50-64-36-20-7-21-37-64)73(94-47-61-30-14-4-15-31-61)70(54-92-45-59-26-10-2-11-27-59)104-83(80)106-78-75(96-49-63-34-18-6-19-35-63)72(103-82(79(78)99-52-66-40-24-9-25-41-66)100-53-67-42-43-69(89)68(44-67)87(90)91)56-101-85(57-86)107-81-77(98-51-65-38-22-8-23-39-65)74(95-48-62-32-16-5-17-33-62)71(105-84(81)108-85)55-93-46-60-28-12-3-13-29-60/h2-44,70-84,89H,45-57H2,1H3/t70-,71-,72-,73-,74-,75-,76+,77+,78+,79+,80+,81+,82+,83-,84+,85?/m1/s1. The zero-order valence-electron chi connectivity index (χ0n) is 59.6. The lowest BCUT2D eigenvalue weighted by Gasteiger charge is -2.50. The van der Waals surface area contributed by atoms with Crippen LogP contribution in [0.2, 0.25) is 0 Å². The van der Waals surface area contributed by atoms with Gasteiger partial charge in [0.15, 0.2) is 30.7 Å². The molecule has 108 heavy (non-hydrogen) atoms. The van der Waals surface area contributed by atoms with Crippen molar-refractivity contribution in [3.05, 3.63) is 321 Å². The van der Waals surface area contributed by atoms with Gasteiger partial charge in [0.05, 0.1) is 84.2 Å². The first kappa shape index (κ1) is 77.5. The number of phenols is 1. The molecule has 0 bridgehead atoms. The summed E-state index contributed by atoms with van der Waals surface area (Å²) >= 11 is 7.15. The second-order valence-corrected chi connectivity index (χ2v) is 26.9. The van der Waals surface area contributed by atoms with Gasteiger partial charge in [-0.15, -0.1) is 11.6 Å². The molecule has 4 fully saturated rings. The van der Waals surface area contributed by atoms with E-state index in [1.54, 1.807) is 0 Å². The first-order chi connectivity index (χ1) is 53.0. The largest absolute Gasteiger partial charge is 0.502 e. The average Bonchev–Trinajstić information content (AvgIpc) is 1.50. The third-order valence-corrected chi connectivity index (χ3v) is 19.1. The minimum atomic E-state index is -2.11. The van der Waals surface area contributed by atoms with E-state index in [0.29, 0.717) is 0 Å². The van der Waals surface area contributed by atoms with E-state index < -0.39 is 133 Å². The molecule has 4 heterocycles. The summed E-state index contributed by atoms with van der Waals surface area (Å²) in [5.74, 6) is -3.79. The highest BCUT2D eigenvalue weighted by Crippen LogP contribution is 2.43. The molecule has 0 aliphatic carbocycles. The molecule has 0 aromatic heterocycles.